The number of rotatable bonds is 6. The van der Waals surface area contributed by atoms with E-state index in [0.29, 0.717) is 12.0 Å². The predicted octanol–water partition coefficient (Wildman–Crippen LogP) is 4.51. The van der Waals surface area contributed by atoms with E-state index in [0.717, 1.165) is 17.8 Å². The molecule has 0 spiro atoms. The van der Waals surface area contributed by atoms with E-state index in [1.54, 1.807) is 6.07 Å². The summed E-state index contributed by atoms with van der Waals surface area (Å²) in [5, 5.41) is 3.25. The number of anilines is 1. The molecule has 1 atom stereocenters. The SMILES string of the molecule is CNC(C)c1cccc(F)c1N(CC(C)C)C1CCCC1. The van der Waals surface area contributed by atoms with Crippen molar-refractivity contribution in [1.29, 1.82) is 0 Å². The fourth-order valence-corrected chi connectivity index (χ4v) is 3.37. The molecule has 118 valence electrons. The van der Waals surface area contributed by atoms with Gasteiger partial charge in [-0.25, -0.2) is 4.39 Å². The molecule has 0 amide bonds. The summed E-state index contributed by atoms with van der Waals surface area (Å²) in [4.78, 5) is 2.34. The number of nitrogens with zero attached hydrogens (tertiary/aromatic N) is 1. The van der Waals surface area contributed by atoms with Crippen LogP contribution < -0.4 is 10.2 Å². The molecule has 1 aromatic rings. The van der Waals surface area contributed by atoms with Gasteiger partial charge < -0.3 is 10.2 Å². The van der Waals surface area contributed by atoms with E-state index >= 15 is 0 Å². The molecule has 1 aliphatic rings. The number of hydrogen-bond donors (Lipinski definition) is 1. The van der Waals surface area contributed by atoms with Crippen LogP contribution in [0.3, 0.4) is 0 Å². The largest absolute Gasteiger partial charge is 0.366 e. The second kappa shape index (κ2) is 7.26. The number of hydrogen-bond acceptors (Lipinski definition) is 2. The van der Waals surface area contributed by atoms with Crippen LogP contribution in [0.2, 0.25) is 0 Å². The molecule has 1 unspecified atom stereocenters. The Balaban J connectivity index is 2.42. The van der Waals surface area contributed by atoms with Crippen molar-refractivity contribution in [3.05, 3.63) is 29.6 Å². The Morgan fingerprint density at radius 2 is 1.90 bits per heavy atom. The lowest BCUT2D eigenvalue weighted by Crippen LogP contribution is -2.38. The molecule has 0 bridgehead atoms. The Labute approximate surface area is 128 Å². The van der Waals surface area contributed by atoms with Crippen LogP contribution in [0.4, 0.5) is 10.1 Å². The third kappa shape index (κ3) is 3.76. The highest BCUT2D eigenvalue weighted by molar-refractivity contribution is 5.57. The Morgan fingerprint density at radius 3 is 2.48 bits per heavy atom. The maximum Gasteiger partial charge on any atom is 0.146 e. The number of benzene rings is 1. The highest BCUT2D eigenvalue weighted by Gasteiger charge is 2.28. The molecule has 21 heavy (non-hydrogen) atoms. The minimum Gasteiger partial charge on any atom is -0.366 e. The lowest BCUT2D eigenvalue weighted by Gasteiger charge is -2.35. The van der Waals surface area contributed by atoms with Gasteiger partial charge in [0.25, 0.3) is 0 Å². The summed E-state index contributed by atoms with van der Waals surface area (Å²) < 4.78 is 14.6. The van der Waals surface area contributed by atoms with E-state index in [4.69, 9.17) is 0 Å². The molecule has 3 heteroatoms. The van der Waals surface area contributed by atoms with Crippen LogP contribution in [0.1, 0.15) is 58.1 Å². The van der Waals surface area contributed by atoms with Crippen molar-refractivity contribution in [2.24, 2.45) is 5.92 Å². The molecule has 0 radical (unpaired) electrons. The normalized spacial score (nSPS) is 17.4. The van der Waals surface area contributed by atoms with Gasteiger partial charge in [-0.05, 0) is 44.4 Å². The van der Waals surface area contributed by atoms with Crippen LogP contribution in [0.25, 0.3) is 0 Å². The van der Waals surface area contributed by atoms with E-state index < -0.39 is 0 Å². The minimum absolute atomic E-state index is 0.0813. The fourth-order valence-electron chi connectivity index (χ4n) is 3.37. The van der Waals surface area contributed by atoms with Crippen LogP contribution in [0.5, 0.6) is 0 Å². The van der Waals surface area contributed by atoms with Crippen LogP contribution in [-0.4, -0.2) is 19.6 Å². The van der Waals surface area contributed by atoms with Crippen molar-refractivity contribution >= 4 is 5.69 Å². The summed E-state index contributed by atoms with van der Waals surface area (Å²) in [6.45, 7) is 7.45. The van der Waals surface area contributed by atoms with Gasteiger partial charge >= 0.3 is 0 Å². The standard InChI is InChI=1S/C18H29FN2/c1-13(2)12-21(15-8-5-6-9-15)18-16(14(3)20-4)10-7-11-17(18)19/h7,10-11,13-15,20H,5-6,8-9,12H2,1-4H3. The first-order chi connectivity index (χ1) is 10.0. The van der Waals surface area contributed by atoms with E-state index in [-0.39, 0.29) is 11.9 Å². The highest BCUT2D eigenvalue weighted by atomic mass is 19.1. The van der Waals surface area contributed by atoms with Gasteiger partial charge in [-0.2, -0.15) is 0 Å². The molecule has 0 aromatic heterocycles. The molecule has 2 nitrogen and oxygen atoms in total. The second-order valence-corrected chi connectivity index (χ2v) is 6.67. The molecule has 0 heterocycles. The maximum absolute atomic E-state index is 14.6. The Morgan fingerprint density at radius 1 is 1.24 bits per heavy atom. The van der Waals surface area contributed by atoms with E-state index in [1.807, 2.05) is 13.1 Å². The molecule has 1 N–H and O–H groups in total. The first-order valence-corrected chi connectivity index (χ1v) is 8.27. The quantitative estimate of drug-likeness (QED) is 0.830. The molecular weight excluding hydrogens is 263 g/mol. The summed E-state index contributed by atoms with van der Waals surface area (Å²) in [6.07, 6.45) is 4.91. The van der Waals surface area contributed by atoms with Crippen molar-refractivity contribution in [3.8, 4) is 0 Å². The van der Waals surface area contributed by atoms with Gasteiger partial charge in [0.1, 0.15) is 5.82 Å². The summed E-state index contributed by atoms with van der Waals surface area (Å²) in [5.74, 6) is 0.449. The molecule has 1 aromatic carbocycles. The summed E-state index contributed by atoms with van der Waals surface area (Å²) in [5.41, 5.74) is 1.89. The molecule has 2 rings (SSSR count). The van der Waals surface area contributed by atoms with Gasteiger partial charge in [0.05, 0.1) is 5.69 Å². The third-order valence-electron chi connectivity index (χ3n) is 4.53. The lowest BCUT2D eigenvalue weighted by atomic mass is 10.0. The minimum atomic E-state index is -0.0813. The molecule has 1 saturated carbocycles. The van der Waals surface area contributed by atoms with Gasteiger partial charge in [-0.3, -0.25) is 0 Å². The number of para-hydroxylation sites is 1. The van der Waals surface area contributed by atoms with E-state index in [9.17, 15) is 4.39 Å². The van der Waals surface area contributed by atoms with Crippen molar-refractivity contribution in [2.45, 2.75) is 58.5 Å². The van der Waals surface area contributed by atoms with Crippen LogP contribution >= 0.6 is 0 Å². The summed E-state index contributed by atoms with van der Waals surface area (Å²) in [6, 6.07) is 6.13. The van der Waals surface area contributed by atoms with Crippen molar-refractivity contribution in [2.75, 3.05) is 18.5 Å². The Hall–Kier alpha value is -1.09. The summed E-state index contributed by atoms with van der Waals surface area (Å²) in [7, 11) is 1.93. The van der Waals surface area contributed by atoms with Crippen LogP contribution in [-0.2, 0) is 0 Å². The molecule has 1 aliphatic carbocycles. The zero-order valence-corrected chi connectivity index (χ0v) is 13.8. The molecule has 0 aliphatic heterocycles. The molecule has 0 saturated heterocycles. The van der Waals surface area contributed by atoms with Crippen LogP contribution in [0, 0.1) is 11.7 Å². The topological polar surface area (TPSA) is 15.3 Å². The summed E-state index contributed by atoms with van der Waals surface area (Å²) >= 11 is 0. The zero-order valence-electron chi connectivity index (χ0n) is 13.8. The Bertz CT molecular complexity index is 453. The van der Waals surface area contributed by atoms with E-state index in [1.165, 1.54) is 25.7 Å². The van der Waals surface area contributed by atoms with Crippen molar-refractivity contribution < 1.29 is 4.39 Å². The van der Waals surface area contributed by atoms with Crippen molar-refractivity contribution in [3.63, 3.8) is 0 Å². The van der Waals surface area contributed by atoms with Gasteiger partial charge in [0, 0.05) is 18.6 Å². The van der Waals surface area contributed by atoms with E-state index in [2.05, 4.69) is 37.1 Å². The van der Waals surface area contributed by atoms with Gasteiger partial charge in [-0.15, -0.1) is 0 Å². The monoisotopic (exact) mass is 292 g/mol. The number of halogens is 1. The highest BCUT2D eigenvalue weighted by Crippen LogP contribution is 2.35. The third-order valence-corrected chi connectivity index (χ3v) is 4.53. The van der Waals surface area contributed by atoms with Gasteiger partial charge in [0.15, 0.2) is 0 Å². The second-order valence-electron chi connectivity index (χ2n) is 6.67. The smallest absolute Gasteiger partial charge is 0.146 e. The molecular formula is C18H29FN2. The van der Waals surface area contributed by atoms with Crippen LogP contribution in [0.15, 0.2) is 18.2 Å². The molecule has 1 fully saturated rings. The first-order valence-electron chi connectivity index (χ1n) is 8.27. The van der Waals surface area contributed by atoms with Gasteiger partial charge in [0.2, 0.25) is 0 Å². The number of nitrogens with one attached hydrogen (secondary N) is 1. The maximum atomic E-state index is 14.6. The average molecular weight is 292 g/mol. The average Bonchev–Trinajstić information content (AvgIpc) is 2.98. The fraction of sp³-hybridized carbons (Fsp3) is 0.667. The Kier molecular flexibility index (Phi) is 5.63. The first kappa shape index (κ1) is 16.3. The van der Waals surface area contributed by atoms with Crippen molar-refractivity contribution in [1.82, 2.24) is 5.32 Å². The van der Waals surface area contributed by atoms with Gasteiger partial charge in [-0.1, -0.05) is 38.8 Å². The lowest BCUT2D eigenvalue weighted by molar-refractivity contribution is 0.513. The zero-order chi connectivity index (χ0) is 15.4. The predicted molar refractivity (Wildman–Crippen MR) is 88.3 cm³/mol.